The number of benzene rings is 2. The maximum atomic E-state index is 11.8. The van der Waals surface area contributed by atoms with Crippen molar-refractivity contribution in [3.63, 3.8) is 0 Å². The van der Waals surface area contributed by atoms with Gasteiger partial charge < -0.3 is 10.1 Å². The van der Waals surface area contributed by atoms with Gasteiger partial charge in [-0.3, -0.25) is 14.9 Å². The third-order valence-electron chi connectivity index (χ3n) is 2.95. The number of hydrogen-bond acceptors (Lipinski definition) is 4. The number of hydrogen-bond donors (Lipinski definition) is 1. The molecule has 0 unspecified atom stereocenters. The zero-order valence-corrected chi connectivity index (χ0v) is 13.7. The molecule has 0 fully saturated rings. The first-order valence-electron chi connectivity index (χ1n) is 6.56. The van der Waals surface area contributed by atoms with E-state index in [1.54, 1.807) is 19.3 Å². The highest BCUT2D eigenvalue weighted by atomic mass is 79.9. The number of ether oxygens (including phenoxy) is 1. The second kappa shape index (κ2) is 7.55. The minimum atomic E-state index is -0.493. The summed E-state index contributed by atoms with van der Waals surface area (Å²) in [5, 5.41) is 13.2. The van der Waals surface area contributed by atoms with Crippen molar-refractivity contribution in [3.8, 4) is 5.75 Å². The molecule has 0 bridgehead atoms. The van der Waals surface area contributed by atoms with Gasteiger partial charge in [0.15, 0.2) is 0 Å². The van der Waals surface area contributed by atoms with E-state index in [2.05, 4.69) is 21.2 Å². The molecule has 23 heavy (non-hydrogen) atoms. The number of carbonyl (C=O) groups excluding carboxylic acids is 1. The van der Waals surface area contributed by atoms with Crippen molar-refractivity contribution in [1.82, 2.24) is 0 Å². The van der Waals surface area contributed by atoms with Gasteiger partial charge in [-0.25, -0.2) is 0 Å². The first-order chi connectivity index (χ1) is 11.0. The van der Waals surface area contributed by atoms with Crippen LogP contribution in [-0.4, -0.2) is 17.9 Å². The average Bonchev–Trinajstić information content (AvgIpc) is 2.53. The third kappa shape index (κ3) is 4.65. The molecular formula is C16H13BrN2O4. The summed E-state index contributed by atoms with van der Waals surface area (Å²) < 4.78 is 5.92. The van der Waals surface area contributed by atoms with Crippen LogP contribution >= 0.6 is 15.9 Å². The van der Waals surface area contributed by atoms with Crippen molar-refractivity contribution < 1.29 is 14.5 Å². The summed E-state index contributed by atoms with van der Waals surface area (Å²) in [6, 6.07) is 11.1. The van der Waals surface area contributed by atoms with Gasteiger partial charge in [-0.05, 0) is 51.8 Å². The summed E-state index contributed by atoms with van der Waals surface area (Å²) in [6.45, 7) is 0. The lowest BCUT2D eigenvalue weighted by Gasteiger charge is -2.04. The molecule has 0 aliphatic heterocycles. The Hall–Kier alpha value is -2.67. The van der Waals surface area contributed by atoms with Crippen molar-refractivity contribution in [2.45, 2.75) is 0 Å². The number of carbonyl (C=O) groups is 1. The SMILES string of the molecule is COc1ccc(/C=C/C(=O)Nc2ccc([N+](=O)[O-])cc2)cc1Br. The van der Waals surface area contributed by atoms with Crippen LogP contribution in [-0.2, 0) is 4.79 Å². The van der Waals surface area contributed by atoms with Crippen LogP contribution in [0.5, 0.6) is 5.75 Å². The van der Waals surface area contributed by atoms with Gasteiger partial charge in [0.2, 0.25) is 5.91 Å². The summed E-state index contributed by atoms with van der Waals surface area (Å²) in [7, 11) is 1.58. The molecule has 0 radical (unpaired) electrons. The Morgan fingerprint density at radius 3 is 2.52 bits per heavy atom. The smallest absolute Gasteiger partial charge is 0.269 e. The predicted octanol–water partition coefficient (Wildman–Crippen LogP) is 4.02. The topological polar surface area (TPSA) is 81.5 Å². The highest BCUT2D eigenvalue weighted by Crippen LogP contribution is 2.26. The Morgan fingerprint density at radius 1 is 1.26 bits per heavy atom. The van der Waals surface area contributed by atoms with Gasteiger partial charge in [-0.15, -0.1) is 0 Å². The summed E-state index contributed by atoms with van der Waals surface area (Å²) in [6.07, 6.45) is 3.04. The van der Waals surface area contributed by atoms with Gasteiger partial charge >= 0.3 is 0 Å². The summed E-state index contributed by atoms with van der Waals surface area (Å²) in [5.74, 6) is 0.378. The van der Waals surface area contributed by atoms with E-state index >= 15 is 0 Å². The van der Waals surface area contributed by atoms with E-state index < -0.39 is 4.92 Å². The molecule has 0 spiro atoms. The zero-order valence-electron chi connectivity index (χ0n) is 12.2. The molecule has 2 aromatic rings. The van der Waals surface area contributed by atoms with Crippen molar-refractivity contribution in [3.05, 3.63) is 68.7 Å². The van der Waals surface area contributed by atoms with Crippen molar-refractivity contribution in [2.24, 2.45) is 0 Å². The van der Waals surface area contributed by atoms with Crippen LogP contribution in [0.1, 0.15) is 5.56 Å². The molecular weight excluding hydrogens is 364 g/mol. The number of methoxy groups -OCH3 is 1. The van der Waals surface area contributed by atoms with E-state index in [1.165, 1.54) is 30.3 Å². The molecule has 0 aliphatic carbocycles. The third-order valence-corrected chi connectivity index (χ3v) is 3.57. The highest BCUT2D eigenvalue weighted by Gasteiger charge is 2.05. The molecule has 1 amide bonds. The van der Waals surface area contributed by atoms with E-state index in [1.807, 2.05) is 12.1 Å². The van der Waals surface area contributed by atoms with Gasteiger partial charge in [-0.1, -0.05) is 6.07 Å². The molecule has 0 atom stereocenters. The number of halogens is 1. The van der Waals surface area contributed by atoms with Crippen LogP contribution < -0.4 is 10.1 Å². The number of nitro groups is 1. The van der Waals surface area contributed by atoms with Crippen LogP contribution in [0, 0.1) is 10.1 Å². The highest BCUT2D eigenvalue weighted by molar-refractivity contribution is 9.10. The normalized spacial score (nSPS) is 10.5. The molecule has 0 heterocycles. The minimum Gasteiger partial charge on any atom is -0.496 e. The summed E-state index contributed by atoms with van der Waals surface area (Å²) in [4.78, 5) is 21.9. The van der Waals surface area contributed by atoms with Crippen molar-refractivity contribution in [1.29, 1.82) is 0 Å². The molecule has 0 saturated heterocycles. The standard InChI is InChI=1S/C16H13BrN2O4/c1-23-15-8-2-11(10-14(15)17)3-9-16(20)18-12-4-6-13(7-5-12)19(21)22/h2-10H,1H3,(H,18,20)/b9-3+. The first kappa shape index (κ1) is 16.7. The van der Waals surface area contributed by atoms with Gasteiger partial charge in [0.05, 0.1) is 16.5 Å². The van der Waals surface area contributed by atoms with Crippen LogP contribution in [0.15, 0.2) is 53.0 Å². The number of nitrogens with zero attached hydrogens (tertiary/aromatic N) is 1. The molecule has 0 aromatic heterocycles. The van der Waals surface area contributed by atoms with Crippen LogP contribution in [0.4, 0.5) is 11.4 Å². The monoisotopic (exact) mass is 376 g/mol. The lowest BCUT2D eigenvalue weighted by molar-refractivity contribution is -0.384. The van der Waals surface area contributed by atoms with Crippen molar-refractivity contribution in [2.75, 3.05) is 12.4 Å². The number of nitro benzene ring substituents is 1. The second-order valence-electron chi connectivity index (χ2n) is 4.52. The van der Waals surface area contributed by atoms with E-state index in [0.717, 1.165) is 10.0 Å². The fourth-order valence-corrected chi connectivity index (χ4v) is 2.37. The second-order valence-corrected chi connectivity index (χ2v) is 5.37. The zero-order chi connectivity index (χ0) is 16.8. The van der Waals surface area contributed by atoms with Crippen molar-refractivity contribution >= 4 is 39.3 Å². The van der Waals surface area contributed by atoms with E-state index in [9.17, 15) is 14.9 Å². The van der Waals surface area contributed by atoms with E-state index in [-0.39, 0.29) is 11.6 Å². The predicted molar refractivity (Wildman–Crippen MR) is 91.5 cm³/mol. The van der Waals surface area contributed by atoms with Gasteiger partial charge in [-0.2, -0.15) is 0 Å². The number of rotatable bonds is 5. The lowest BCUT2D eigenvalue weighted by atomic mass is 10.2. The molecule has 0 aliphatic rings. The van der Waals surface area contributed by atoms with Gasteiger partial charge in [0.25, 0.3) is 5.69 Å². The molecule has 118 valence electrons. The van der Waals surface area contributed by atoms with E-state index in [0.29, 0.717) is 11.4 Å². The van der Waals surface area contributed by atoms with Gasteiger partial charge in [0.1, 0.15) is 5.75 Å². The maximum Gasteiger partial charge on any atom is 0.269 e. The Morgan fingerprint density at radius 2 is 1.96 bits per heavy atom. The molecule has 7 heteroatoms. The molecule has 0 saturated carbocycles. The minimum absolute atomic E-state index is 0.0263. The Bertz CT molecular complexity index is 757. The van der Waals surface area contributed by atoms with E-state index in [4.69, 9.17) is 4.74 Å². The van der Waals surface area contributed by atoms with Crippen LogP contribution in [0.2, 0.25) is 0 Å². The number of nitrogens with one attached hydrogen (secondary N) is 1. The lowest BCUT2D eigenvalue weighted by Crippen LogP contribution is -2.07. The first-order valence-corrected chi connectivity index (χ1v) is 7.36. The summed E-state index contributed by atoms with van der Waals surface area (Å²) >= 11 is 3.37. The van der Waals surface area contributed by atoms with Gasteiger partial charge in [0, 0.05) is 23.9 Å². The Labute approximate surface area is 141 Å². The fourth-order valence-electron chi connectivity index (χ4n) is 1.81. The summed E-state index contributed by atoms with van der Waals surface area (Å²) in [5.41, 5.74) is 1.29. The molecule has 2 rings (SSSR count). The molecule has 1 N–H and O–H groups in total. The average molecular weight is 377 g/mol. The fraction of sp³-hybridized carbons (Fsp3) is 0.0625. The number of amides is 1. The molecule has 2 aromatic carbocycles. The number of anilines is 1. The Kier molecular flexibility index (Phi) is 5.48. The quantitative estimate of drug-likeness (QED) is 0.485. The Balaban J connectivity index is 2.01. The van der Waals surface area contributed by atoms with Crippen LogP contribution in [0.25, 0.3) is 6.08 Å². The van der Waals surface area contributed by atoms with Crippen LogP contribution in [0.3, 0.4) is 0 Å². The largest absolute Gasteiger partial charge is 0.496 e. The number of non-ortho nitro benzene ring substituents is 1. The maximum absolute atomic E-state index is 11.8. The molecule has 6 nitrogen and oxygen atoms in total.